The lowest BCUT2D eigenvalue weighted by molar-refractivity contribution is 0.0570. The van der Waals surface area contributed by atoms with Crippen molar-refractivity contribution >= 4 is 11.7 Å². The first-order chi connectivity index (χ1) is 11.8. The minimum atomic E-state index is -0.697. The highest BCUT2D eigenvalue weighted by Gasteiger charge is 2.24. The molecular formula is C19H31N3O3. The van der Waals surface area contributed by atoms with Gasteiger partial charge >= 0.3 is 0 Å². The first-order valence-electron chi connectivity index (χ1n) is 8.98. The van der Waals surface area contributed by atoms with Crippen molar-refractivity contribution < 1.29 is 14.6 Å². The van der Waals surface area contributed by atoms with E-state index in [0.717, 1.165) is 31.7 Å². The fraction of sp³-hybridized carbons (Fsp3) is 0.684. The van der Waals surface area contributed by atoms with Crippen molar-refractivity contribution in [2.75, 3.05) is 45.3 Å². The standard InChI is InChI=1S/C19H31N3O3/c1-19(2,24)9-11-21(3)17-8-7-16(12-20-17)18(23)22-10-5-6-15(13-22)14-25-4/h7-8,12,15,24H,5-6,9-11,13-14H2,1-4H3/t15-/m1/s1. The Hall–Kier alpha value is -1.66. The Morgan fingerprint density at radius 1 is 1.48 bits per heavy atom. The molecule has 0 spiro atoms. The Bertz CT molecular complexity index is 552. The molecule has 1 fully saturated rings. The van der Waals surface area contributed by atoms with E-state index in [9.17, 15) is 9.90 Å². The lowest BCUT2D eigenvalue weighted by Crippen LogP contribution is -2.41. The van der Waals surface area contributed by atoms with Gasteiger partial charge in [-0.25, -0.2) is 4.98 Å². The van der Waals surface area contributed by atoms with Crippen molar-refractivity contribution in [3.63, 3.8) is 0 Å². The number of carbonyl (C=O) groups excluding carboxylic acids is 1. The van der Waals surface area contributed by atoms with E-state index in [1.165, 1.54) is 0 Å². The Balaban J connectivity index is 1.95. The van der Waals surface area contributed by atoms with E-state index in [2.05, 4.69) is 4.98 Å². The Morgan fingerprint density at radius 2 is 2.24 bits per heavy atom. The number of nitrogens with zero attached hydrogens (tertiary/aromatic N) is 3. The zero-order valence-electron chi connectivity index (χ0n) is 15.9. The Labute approximate surface area is 150 Å². The third-order valence-corrected chi connectivity index (χ3v) is 4.65. The van der Waals surface area contributed by atoms with Crippen LogP contribution in [-0.4, -0.2) is 66.9 Å². The second kappa shape index (κ2) is 8.63. The predicted molar refractivity (Wildman–Crippen MR) is 98.9 cm³/mol. The minimum Gasteiger partial charge on any atom is -0.390 e. The minimum absolute atomic E-state index is 0.0407. The van der Waals surface area contributed by atoms with Gasteiger partial charge in [0.25, 0.3) is 5.91 Å². The zero-order chi connectivity index (χ0) is 18.4. The molecule has 0 bridgehead atoms. The summed E-state index contributed by atoms with van der Waals surface area (Å²) in [5.74, 6) is 1.26. The summed E-state index contributed by atoms with van der Waals surface area (Å²) in [5, 5.41) is 9.83. The summed E-state index contributed by atoms with van der Waals surface area (Å²) < 4.78 is 5.23. The molecule has 25 heavy (non-hydrogen) atoms. The molecule has 1 aliphatic heterocycles. The van der Waals surface area contributed by atoms with Gasteiger partial charge in [0.2, 0.25) is 0 Å². The summed E-state index contributed by atoms with van der Waals surface area (Å²) in [4.78, 5) is 21.0. The molecule has 0 aromatic carbocycles. The van der Waals surface area contributed by atoms with E-state index in [-0.39, 0.29) is 5.91 Å². The van der Waals surface area contributed by atoms with Crippen LogP contribution in [0.2, 0.25) is 0 Å². The third kappa shape index (κ3) is 5.97. The number of aliphatic hydroxyl groups is 1. The third-order valence-electron chi connectivity index (χ3n) is 4.65. The number of amides is 1. The average Bonchev–Trinajstić information content (AvgIpc) is 2.59. The van der Waals surface area contributed by atoms with Gasteiger partial charge in [-0.1, -0.05) is 0 Å². The van der Waals surface area contributed by atoms with Crippen LogP contribution in [0.4, 0.5) is 5.82 Å². The van der Waals surface area contributed by atoms with Gasteiger partial charge in [0, 0.05) is 40.0 Å². The quantitative estimate of drug-likeness (QED) is 0.817. The number of carbonyl (C=O) groups is 1. The van der Waals surface area contributed by atoms with Crippen molar-refractivity contribution in [1.29, 1.82) is 0 Å². The second-order valence-electron chi connectivity index (χ2n) is 7.60. The van der Waals surface area contributed by atoms with Gasteiger partial charge < -0.3 is 19.6 Å². The van der Waals surface area contributed by atoms with Crippen molar-refractivity contribution in [3.8, 4) is 0 Å². The topological polar surface area (TPSA) is 65.9 Å². The maximum Gasteiger partial charge on any atom is 0.255 e. The molecule has 2 heterocycles. The monoisotopic (exact) mass is 349 g/mol. The van der Waals surface area contributed by atoms with Crippen LogP contribution in [0, 0.1) is 5.92 Å². The maximum atomic E-state index is 12.7. The number of likely N-dealkylation sites (tertiary alicyclic amines) is 1. The number of aromatic nitrogens is 1. The van der Waals surface area contributed by atoms with E-state index >= 15 is 0 Å². The Kier molecular flexibility index (Phi) is 6.79. The second-order valence-corrected chi connectivity index (χ2v) is 7.60. The smallest absolute Gasteiger partial charge is 0.255 e. The summed E-state index contributed by atoms with van der Waals surface area (Å²) in [5.41, 5.74) is -0.0744. The lowest BCUT2D eigenvalue weighted by Gasteiger charge is -2.32. The van der Waals surface area contributed by atoms with Crippen LogP contribution in [0.5, 0.6) is 0 Å². The van der Waals surface area contributed by atoms with Gasteiger partial charge in [0.05, 0.1) is 17.8 Å². The molecule has 1 aliphatic rings. The summed E-state index contributed by atoms with van der Waals surface area (Å²) in [7, 11) is 3.65. The highest BCUT2D eigenvalue weighted by atomic mass is 16.5. The highest BCUT2D eigenvalue weighted by Crippen LogP contribution is 2.20. The number of anilines is 1. The molecule has 6 nitrogen and oxygen atoms in total. The van der Waals surface area contributed by atoms with Crippen LogP contribution in [0.25, 0.3) is 0 Å². The fourth-order valence-electron chi connectivity index (χ4n) is 3.10. The van der Waals surface area contributed by atoms with Crippen LogP contribution in [0.15, 0.2) is 18.3 Å². The SMILES string of the molecule is COC[C@@H]1CCCN(C(=O)c2ccc(N(C)CCC(C)(C)O)nc2)C1. The summed E-state index contributed by atoms with van der Waals surface area (Å²) >= 11 is 0. The van der Waals surface area contributed by atoms with Crippen molar-refractivity contribution in [2.45, 2.75) is 38.7 Å². The summed E-state index contributed by atoms with van der Waals surface area (Å²) in [6.07, 6.45) is 4.44. The molecule has 0 aliphatic carbocycles. The number of pyridine rings is 1. The fourth-order valence-corrected chi connectivity index (χ4v) is 3.10. The molecule has 1 atom stereocenters. The zero-order valence-corrected chi connectivity index (χ0v) is 15.9. The number of piperidine rings is 1. The molecule has 1 N–H and O–H groups in total. The normalized spacial score (nSPS) is 18.3. The Morgan fingerprint density at radius 3 is 2.84 bits per heavy atom. The van der Waals surface area contributed by atoms with Gasteiger partial charge in [-0.3, -0.25) is 4.79 Å². The maximum absolute atomic E-state index is 12.7. The molecule has 1 aromatic rings. The first-order valence-corrected chi connectivity index (χ1v) is 8.98. The van der Waals surface area contributed by atoms with Crippen LogP contribution >= 0.6 is 0 Å². The number of rotatable bonds is 7. The number of methoxy groups -OCH3 is 1. The van der Waals surface area contributed by atoms with Crippen LogP contribution in [0.3, 0.4) is 0 Å². The van der Waals surface area contributed by atoms with Crippen LogP contribution in [-0.2, 0) is 4.74 Å². The first kappa shape index (κ1) is 19.7. The van der Waals surface area contributed by atoms with Gasteiger partial charge in [0.15, 0.2) is 0 Å². The molecule has 1 aromatic heterocycles. The molecule has 6 heteroatoms. The van der Waals surface area contributed by atoms with Crippen molar-refractivity contribution in [3.05, 3.63) is 23.9 Å². The van der Waals surface area contributed by atoms with Gasteiger partial charge in [-0.05, 0) is 51.2 Å². The highest BCUT2D eigenvalue weighted by molar-refractivity contribution is 5.94. The van der Waals surface area contributed by atoms with Crippen LogP contribution in [0.1, 0.15) is 43.5 Å². The average molecular weight is 349 g/mol. The van der Waals surface area contributed by atoms with Crippen molar-refractivity contribution in [2.24, 2.45) is 5.92 Å². The largest absolute Gasteiger partial charge is 0.390 e. The number of ether oxygens (including phenoxy) is 1. The molecular weight excluding hydrogens is 318 g/mol. The predicted octanol–water partition coefficient (Wildman–Crippen LogP) is 2.18. The molecule has 2 rings (SSSR count). The number of hydrogen-bond donors (Lipinski definition) is 1. The molecule has 140 valence electrons. The molecule has 0 unspecified atom stereocenters. The van der Waals surface area contributed by atoms with Gasteiger partial charge in [-0.2, -0.15) is 0 Å². The molecule has 0 saturated carbocycles. The van der Waals surface area contributed by atoms with E-state index in [1.807, 2.05) is 29.0 Å². The van der Waals surface area contributed by atoms with Gasteiger partial charge in [-0.15, -0.1) is 0 Å². The van der Waals surface area contributed by atoms with Crippen molar-refractivity contribution in [1.82, 2.24) is 9.88 Å². The molecule has 1 amide bonds. The van der Waals surface area contributed by atoms with E-state index in [0.29, 0.717) is 31.1 Å². The number of hydrogen-bond acceptors (Lipinski definition) is 5. The molecule has 0 radical (unpaired) electrons. The van der Waals surface area contributed by atoms with Crippen LogP contribution < -0.4 is 4.90 Å². The van der Waals surface area contributed by atoms with Gasteiger partial charge in [0.1, 0.15) is 5.82 Å². The summed E-state index contributed by atoms with van der Waals surface area (Å²) in [6.45, 7) is 6.55. The lowest BCUT2D eigenvalue weighted by atomic mass is 9.98. The van der Waals surface area contributed by atoms with E-state index in [4.69, 9.17) is 4.74 Å². The van der Waals surface area contributed by atoms with E-state index < -0.39 is 5.60 Å². The van der Waals surface area contributed by atoms with E-state index in [1.54, 1.807) is 27.2 Å². The summed E-state index contributed by atoms with van der Waals surface area (Å²) in [6, 6.07) is 3.71. The molecule has 1 saturated heterocycles.